The van der Waals surface area contributed by atoms with Gasteiger partial charge in [-0.15, -0.1) is 0 Å². The normalized spacial score (nSPS) is 12.3. The third kappa shape index (κ3) is 1.04. The second-order valence-electron chi connectivity index (χ2n) is 3.93. The molecule has 2 aromatic rings. The van der Waals surface area contributed by atoms with Crippen LogP contribution in [-0.2, 0) is 13.5 Å². The fraction of sp³-hybridized carbons (Fsp3) is 0.167. The summed E-state index contributed by atoms with van der Waals surface area (Å²) in [5.74, 6) is -0.964. The van der Waals surface area contributed by atoms with E-state index in [1.165, 1.54) is 5.56 Å². The molecule has 1 aromatic carbocycles. The van der Waals surface area contributed by atoms with E-state index in [1.807, 2.05) is 24.3 Å². The third-order valence-corrected chi connectivity index (χ3v) is 3.01. The molecular weight excluding hydrogens is 204 g/mol. The van der Waals surface area contributed by atoms with Gasteiger partial charge in [-0.25, -0.2) is 4.79 Å². The zero-order valence-electron chi connectivity index (χ0n) is 8.77. The molecule has 0 atom stereocenters. The number of carboxylic acids is 1. The van der Waals surface area contributed by atoms with E-state index in [9.17, 15) is 4.79 Å². The molecule has 1 aliphatic rings. The summed E-state index contributed by atoms with van der Waals surface area (Å²) in [4.78, 5) is 11.1. The molecule has 1 N–H and O–H groups in total. The summed E-state index contributed by atoms with van der Waals surface area (Å²) in [6, 6.07) is 7.88. The first-order valence-electron chi connectivity index (χ1n) is 5.06. The monoisotopic (exact) mass is 214 g/mol. The molecular formula is C12H10N2O2. The number of carboxylic acid groups (broad SMARTS) is 1. The highest BCUT2D eigenvalue weighted by molar-refractivity contribution is 5.96. The Labute approximate surface area is 92.1 Å². The summed E-state index contributed by atoms with van der Waals surface area (Å²) in [6.45, 7) is 0. The van der Waals surface area contributed by atoms with Crippen molar-refractivity contribution in [3.8, 4) is 11.1 Å². The molecule has 4 heteroatoms. The quantitative estimate of drug-likeness (QED) is 0.670. The minimum absolute atomic E-state index is 0.155. The number of aromatic carboxylic acids is 1. The van der Waals surface area contributed by atoms with Gasteiger partial charge in [0.05, 0.1) is 5.69 Å². The Hall–Kier alpha value is -2.10. The van der Waals surface area contributed by atoms with Crippen molar-refractivity contribution in [2.24, 2.45) is 7.05 Å². The van der Waals surface area contributed by atoms with Gasteiger partial charge in [-0.3, -0.25) is 4.68 Å². The van der Waals surface area contributed by atoms with E-state index < -0.39 is 5.97 Å². The SMILES string of the molecule is Cn1nc(C(=O)O)c2c1Cc1ccccc1-2. The maximum absolute atomic E-state index is 11.1. The maximum Gasteiger partial charge on any atom is 0.357 e. The zero-order chi connectivity index (χ0) is 11.3. The average molecular weight is 214 g/mol. The molecule has 0 saturated heterocycles. The Morgan fingerprint density at radius 2 is 2.19 bits per heavy atom. The first-order chi connectivity index (χ1) is 7.68. The van der Waals surface area contributed by atoms with E-state index in [2.05, 4.69) is 5.10 Å². The molecule has 80 valence electrons. The van der Waals surface area contributed by atoms with E-state index >= 15 is 0 Å². The van der Waals surface area contributed by atoms with E-state index in [4.69, 9.17) is 5.11 Å². The zero-order valence-corrected chi connectivity index (χ0v) is 8.77. The van der Waals surface area contributed by atoms with Crippen LogP contribution in [0.5, 0.6) is 0 Å². The van der Waals surface area contributed by atoms with Gasteiger partial charge in [0.1, 0.15) is 0 Å². The second kappa shape index (κ2) is 2.95. The fourth-order valence-electron chi connectivity index (χ4n) is 2.29. The van der Waals surface area contributed by atoms with Crippen molar-refractivity contribution >= 4 is 5.97 Å². The van der Waals surface area contributed by atoms with Crippen LogP contribution < -0.4 is 0 Å². The second-order valence-corrected chi connectivity index (χ2v) is 3.93. The van der Waals surface area contributed by atoms with Crippen LogP contribution in [0.4, 0.5) is 0 Å². The van der Waals surface area contributed by atoms with E-state index in [0.29, 0.717) is 0 Å². The van der Waals surface area contributed by atoms with Crippen LogP contribution in [0.25, 0.3) is 11.1 Å². The molecule has 1 aliphatic carbocycles. The van der Waals surface area contributed by atoms with Gasteiger partial charge < -0.3 is 5.11 Å². The maximum atomic E-state index is 11.1. The van der Waals surface area contributed by atoms with Crippen molar-refractivity contribution in [1.29, 1.82) is 0 Å². The number of hydrogen-bond donors (Lipinski definition) is 1. The van der Waals surface area contributed by atoms with E-state index in [-0.39, 0.29) is 5.69 Å². The minimum atomic E-state index is -0.964. The Bertz CT molecular complexity index is 599. The molecule has 16 heavy (non-hydrogen) atoms. The Balaban J connectivity index is 2.33. The van der Waals surface area contributed by atoms with Crippen molar-refractivity contribution < 1.29 is 9.90 Å². The van der Waals surface area contributed by atoms with Gasteiger partial charge in [0, 0.05) is 19.0 Å². The van der Waals surface area contributed by atoms with E-state index in [0.717, 1.165) is 23.2 Å². The highest BCUT2D eigenvalue weighted by Crippen LogP contribution is 2.38. The van der Waals surface area contributed by atoms with Crippen LogP contribution in [-0.4, -0.2) is 20.9 Å². The Morgan fingerprint density at radius 3 is 2.94 bits per heavy atom. The van der Waals surface area contributed by atoms with Crippen LogP contribution in [0.1, 0.15) is 21.7 Å². The summed E-state index contributed by atoms with van der Waals surface area (Å²) in [6.07, 6.45) is 0.766. The highest BCUT2D eigenvalue weighted by atomic mass is 16.4. The number of carbonyl (C=O) groups is 1. The first kappa shape index (κ1) is 9.15. The van der Waals surface area contributed by atoms with Crippen molar-refractivity contribution in [3.63, 3.8) is 0 Å². The number of rotatable bonds is 1. The Kier molecular flexibility index (Phi) is 1.68. The predicted octanol–water partition coefficient (Wildman–Crippen LogP) is 1.69. The first-order valence-corrected chi connectivity index (χ1v) is 5.06. The van der Waals surface area contributed by atoms with Gasteiger partial charge in [-0.05, 0) is 11.1 Å². The summed E-state index contributed by atoms with van der Waals surface area (Å²) < 4.78 is 1.67. The molecule has 4 nitrogen and oxygen atoms in total. The fourth-order valence-corrected chi connectivity index (χ4v) is 2.29. The molecule has 0 amide bonds. The largest absolute Gasteiger partial charge is 0.476 e. The lowest BCUT2D eigenvalue weighted by Gasteiger charge is -1.99. The molecule has 1 heterocycles. The Morgan fingerprint density at radius 1 is 1.44 bits per heavy atom. The molecule has 0 aliphatic heterocycles. The van der Waals surface area contributed by atoms with Crippen molar-refractivity contribution in [2.75, 3.05) is 0 Å². The van der Waals surface area contributed by atoms with Crippen LogP contribution in [0.15, 0.2) is 24.3 Å². The molecule has 0 unspecified atom stereocenters. The number of nitrogens with zero attached hydrogens (tertiary/aromatic N) is 2. The molecule has 1 aromatic heterocycles. The summed E-state index contributed by atoms with van der Waals surface area (Å²) >= 11 is 0. The number of fused-ring (bicyclic) bond motifs is 3. The van der Waals surface area contributed by atoms with Crippen LogP contribution >= 0.6 is 0 Å². The van der Waals surface area contributed by atoms with Crippen LogP contribution in [0.3, 0.4) is 0 Å². The molecule has 3 rings (SSSR count). The topological polar surface area (TPSA) is 55.1 Å². The predicted molar refractivity (Wildman–Crippen MR) is 58.4 cm³/mol. The number of benzene rings is 1. The lowest BCUT2D eigenvalue weighted by Crippen LogP contribution is -2.02. The van der Waals surface area contributed by atoms with Gasteiger partial charge in [-0.2, -0.15) is 5.10 Å². The molecule has 0 bridgehead atoms. The lowest BCUT2D eigenvalue weighted by atomic mass is 10.1. The molecule has 0 radical (unpaired) electrons. The van der Waals surface area contributed by atoms with Crippen molar-refractivity contribution in [1.82, 2.24) is 9.78 Å². The summed E-state index contributed by atoms with van der Waals surface area (Å²) in [5.41, 5.74) is 4.10. The average Bonchev–Trinajstić information content (AvgIpc) is 2.77. The van der Waals surface area contributed by atoms with Crippen molar-refractivity contribution in [3.05, 3.63) is 41.2 Å². The van der Waals surface area contributed by atoms with Crippen LogP contribution in [0.2, 0.25) is 0 Å². The lowest BCUT2D eigenvalue weighted by molar-refractivity contribution is 0.0690. The van der Waals surface area contributed by atoms with Gasteiger partial charge in [0.25, 0.3) is 0 Å². The third-order valence-electron chi connectivity index (χ3n) is 3.01. The number of aryl methyl sites for hydroxylation is 1. The highest BCUT2D eigenvalue weighted by Gasteiger charge is 2.28. The number of aromatic nitrogens is 2. The van der Waals surface area contributed by atoms with Gasteiger partial charge in [0.15, 0.2) is 5.69 Å². The summed E-state index contributed by atoms with van der Waals surface area (Å²) in [7, 11) is 1.79. The standard InChI is InChI=1S/C12H10N2O2/c1-14-9-6-7-4-2-3-5-8(7)10(9)11(13-14)12(15)16/h2-5H,6H2,1H3,(H,15,16). The summed E-state index contributed by atoms with van der Waals surface area (Å²) in [5, 5.41) is 13.2. The minimum Gasteiger partial charge on any atom is -0.476 e. The van der Waals surface area contributed by atoms with Crippen LogP contribution in [0, 0.1) is 0 Å². The van der Waals surface area contributed by atoms with Gasteiger partial charge >= 0.3 is 5.97 Å². The smallest absolute Gasteiger partial charge is 0.357 e. The number of hydrogen-bond acceptors (Lipinski definition) is 2. The molecule has 0 fully saturated rings. The molecule has 0 saturated carbocycles. The molecule has 0 spiro atoms. The van der Waals surface area contributed by atoms with E-state index in [1.54, 1.807) is 11.7 Å². The van der Waals surface area contributed by atoms with Gasteiger partial charge in [-0.1, -0.05) is 24.3 Å². The van der Waals surface area contributed by atoms with Crippen molar-refractivity contribution in [2.45, 2.75) is 6.42 Å². The van der Waals surface area contributed by atoms with Gasteiger partial charge in [0.2, 0.25) is 0 Å².